The second-order valence-electron chi connectivity index (χ2n) is 5.06. The highest BCUT2D eigenvalue weighted by Gasteiger charge is 2.15. The summed E-state index contributed by atoms with van der Waals surface area (Å²) in [5.41, 5.74) is 1.86. The number of rotatable bonds is 7. The van der Waals surface area contributed by atoms with Crippen LogP contribution < -0.4 is 4.74 Å². The third-order valence-electron chi connectivity index (χ3n) is 3.44. The molecule has 0 aliphatic rings. The molecule has 2 rings (SSSR count). The van der Waals surface area contributed by atoms with Crippen molar-refractivity contribution in [3.63, 3.8) is 0 Å². The van der Waals surface area contributed by atoms with Crippen molar-refractivity contribution in [1.82, 2.24) is 9.55 Å². The lowest BCUT2D eigenvalue weighted by Crippen LogP contribution is -2.09. The number of fused-ring (bicyclic) bond motifs is 1. The predicted octanol–water partition coefficient (Wildman–Crippen LogP) is 3.27. The molecule has 0 aliphatic heterocycles. The zero-order valence-electron chi connectivity index (χ0n) is 12.5. The topological polar surface area (TPSA) is 64.4 Å². The molecule has 0 radical (unpaired) electrons. The average molecular weight is 308 g/mol. The fourth-order valence-electron chi connectivity index (χ4n) is 2.07. The van der Waals surface area contributed by atoms with Gasteiger partial charge in [-0.3, -0.25) is 4.79 Å². The maximum atomic E-state index is 10.8. The molecule has 1 aromatic heterocycles. The first-order chi connectivity index (χ1) is 10.0. The number of imidazole rings is 1. The Bertz CT molecular complexity index is 639. The Morgan fingerprint density at radius 1 is 1.52 bits per heavy atom. The molecule has 0 bridgehead atoms. The van der Waals surface area contributed by atoms with Gasteiger partial charge in [-0.25, -0.2) is 4.98 Å². The summed E-state index contributed by atoms with van der Waals surface area (Å²) in [6.45, 7) is 5.17. The van der Waals surface area contributed by atoms with E-state index in [-0.39, 0.29) is 5.75 Å². The van der Waals surface area contributed by atoms with Crippen molar-refractivity contribution < 1.29 is 14.6 Å². The SMILES string of the molecule is CCC(C)Cn1c(SCC(=O)O)nc2cc(OC)ccc21. The Morgan fingerprint density at radius 3 is 2.90 bits per heavy atom. The van der Waals surface area contributed by atoms with Gasteiger partial charge in [0.2, 0.25) is 0 Å². The molecule has 0 aliphatic carbocycles. The summed E-state index contributed by atoms with van der Waals surface area (Å²) in [5.74, 6) is 0.444. The van der Waals surface area contributed by atoms with E-state index in [4.69, 9.17) is 9.84 Å². The van der Waals surface area contributed by atoms with Crippen LogP contribution in [0.2, 0.25) is 0 Å². The van der Waals surface area contributed by atoms with Gasteiger partial charge in [0.15, 0.2) is 5.16 Å². The van der Waals surface area contributed by atoms with Gasteiger partial charge in [-0.05, 0) is 18.1 Å². The molecule has 114 valence electrons. The van der Waals surface area contributed by atoms with E-state index in [0.29, 0.717) is 5.92 Å². The van der Waals surface area contributed by atoms with Crippen LogP contribution in [0.1, 0.15) is 20.3 Å². The van der Waals surface area contributed by atoms with E-state index in [9.17, 15) is 4.79 Å². The first kappa shape index (κ1) is 15.7. The highest BCUT2D eigenvalue weighted by atomic mass is 32.2. The standard InChI is InChI=1S/C15H20N2O3S/c1-4-10(2)8-17-13-6-5-11(20-3)7-12(13)16-15(17)21-9-14(18)19/h5-7,10H,4,8-9H2,1-3H3,(H,18,19). The Balaban J connectivity index is 2.42. The summed E-state index contributed by atoms with van der Waals surface area (Å²) in [5, 5.41) is 9.62. The second kappa shape index (κ2) is 6.85. The van der Waals surface area contributed by atoms with E-state index in [1.165, 1.54) is 11.8 Å². The molecule has 6 heteroatoms. The van der Waals surface area contributed by atoms with Crippen molar-refractivity contribution in [3.8, 4) is 5.75 Å². The molecule has 0 amide bonds. The van der Waals surface area contributed by atoms with E-state index in [1.54, 1.807) is 7.11 Å². The van der Waals surface area contributed by atoms with Crippen molar-refractivity contribution in [3.05, 3.63) is 18.2 Å². The van der Waals surface area contributed by atoms with E-state index < -0.39 is 5.97 Å². The highest BCUT2D eigenvalue weighted by molar-refractivity contribution is 7.99. The molecule has 0 saturated heterocycles. The molecule has 1 N–H and O–H groups in total. The van der Waals surface area contributed by atoms with E-state index >= 15 is 0 Å². The van der Waals surface area contributed by atoms with E-state index in [2.05, 4.69) is 23.4 Å². The molecule has 1 unspecified atom stereocenters. The number of hydrogen-bond acceptors (Lipinski definition) is 4. The zero-order valence-corrected chi connectivity index (χ0v) is 13.3. The number of aromatic nitrogens is 2. The predicted molar refractivity (Wildman–Crippen MR) is 84.1 cm³/mol. The molecule has 5 nitrogen and oxygen atoms in total. The monoisotopic (exact) mass is 308 g/mol. The summed E-state index contributed by atoms with van der Waals surface area (Å²) < 4.78 is 7.33. The minimum atomic E-state index is -0.834. The smallest absolute Gasteiger partial charge is 0.313 e. The summed E-state index contributed by atoms with van der Waals surface area (Å²) in [4.78, 5) is 15.4. The van der Waals surface area contributed by atoms with Crippen LogP contribution in [-0.2, 0) is 11.3 Å². The minimum Gasteiger partial charge on any atom is -0.497 e. The zero-order chi connectivity index (χ0) is 15.4. The highest BCUT2D eigenvalue weighted by Crippen LogP contribution is 2.28. The molecular weight excluding hydrogens is 288 g/mol. The number of thioether (sulfide) groups is 1. The quantitative estimate of drug-likeness (QED) is 0.795. The maximum absolute atomic E-state index is 10.8. The summed E-state index contributed by atoms with van der Waals surface area (Å²) in [7, 11) is 1.62. The number of benzene rings is 1. The fraction of sp³-hybridized carbons (Fsp3) is 0.467. The van der Waals surface area contributed by atoms with Gasteiger partial charge in [-0.2, -0.15) is 0 Å². The summed E-state index contributed by atoms with van der Waals surface area (Å²) >= 11 is 1.26. The number of aliphatic carboxylic acids is 1. The molecule has 1 atom stereocenters. The number of methoxy groups -OCH3 is 1. The van der Waals surface area contributed by atoms with Gasteiger partial charge in [0.25, 0.3) is 0 Å². The van der Waals surface area contributed by atoms with Gasteiger partial charge >= 0.3 is 5.97 Å². The van der Waals surface area contributed by atoms with E-state index in [0.717, 1.165) is 34.9 Å². The average Bonchev–Trinajstić information content (AvgIpc) is 2.81. The lowest BCUT2D eigenvalue weighted by Gasteiger charge is -2.13. The van der Waals surface area contributed by atoms with Crippen LogP contribution in [0.3, 0.4) is 0 Å². The maximum Gasteiger partial charge on any atom is 0.313 e. The van der Waals surface area contributed by atoms with E-state index in [1.807, 2.05) is 18.2 Å². The molecule has 0 saturated carbocycles. The van der Waals surface area contributed by atoms with Gasteiger partial charge in [0, 0.05) is 12.6 Å². The minimum absolute atomic E-state index is 0.0148. The first-order valence-electron chi connectivity index (χ1n) is 6.94. The number of carbonyl (C=O) groups is 1. The van der Waals surface area contributed by atoms with Gasteiger partial charge < -0.3 is 14.4 Å². The van der Waals surface area contributed by atoms with Crippen LogP contribution in [0.5, 0.6) is 5.75 Å². The molecule has 0 fully saturated rings. The summed E-state index contributed by atoms with van der Waals surface area (Å²) in [6, 6.07) is 5.77. The number of ether oxygens (including phenoxy) is 1. The largest absolute Gasteiger partial charge is 0.497 e. The van der Waals surface area contributed by atoms with Crippen molar-refractivity contribution in [2.24, 2.45) is 5.92 Å². The number of hydrogen-bond donors (Lipinski definition) is 1. The van der Waals surface area contributed by atoms with Gasteiger partial charge in [-0.15, -0.1) is 0 Å². The first-order valence-corrected chi connectivity index (χ1v) is 7.92. The van der Waals surface area contributed by atoms with Gasteiger partial charge in [0.05, 0.1) is 23.9 Å². The van der Waals surface area contributed by atoms with Crippen LogP contribution in [0.15, 0.2) is 23.4 Å². The Morgan fingerprint density at radius 2 is 2.29 bits per heavy atom. The lowest BCUT2D eigenvalue weighted by molar-refractivity contribution is -0.133. The molecule has 21 heavy (non-hydrogen) atoms. The van der Waals surface area contributed by atoms with Crippen molar-refractivity contribution in [1.29, 1.82) is 0 Å². The number of nitrogens with zero attached hydrogens (tertiary/aromatic N) is 2. The van der Waals surface area contributed by atoms with Crippen molar-refractivity contribution in [2.45, 2.75) is 32.0 Å². The van der Waals surface area contributed by atoms with Crippen molar-refractivity contribution >= 4 is 28.8 Å². The molecule has 2 aromatic rings. The molecule has 1 heterocycles. The summed E-state index contributed by atoms with van der Waals surface area (Å²) in [6.07, 6.45) is 1.07. The van der Waals surface area contributed by atoms with Crippen molar-refractivity contribution in [2.75, 3.05) is 12.9 Å². The Labute approximate surface area is 128 Å². The van der Waals surface area contributed by atoms with Crippen LogP contribution in [0, 0.1) is 5.92 Å². The third-order valence-corrected chi connectivity index (χ3v) is 4.40. The Hall–Kier alpha value is -1.69. The van der Waals surface area contributed by atoms with Crippen LogP contribution >= 0.6 is 11.8 Å². The van der Waals surface area contributed by atoms with Crippen LogP contribution in [0.4, 0.5) is 0 Å². The molecular formula is C15H20N2O3S. The van der Waals surface area contributed by atoms with Crippen LogP contribution in [-0.4, -0.2) is 33.5 Å². The lowest BCUT2D eigenvalue weighted by atomic mass is 10.1. The second-order valence-corrected chi connectivity index (χ2v) is 6.00. The van der Waals surface area contributed by atoms with Crippen LogP contribution in [0.25, 0.3) is 11.0 Å². The molecule has 1 aromatic carbocycles. The van der Waals surface area contributed by atoms with Gasteiger partial charge in [-0.1, -0.05) is 32.0 Å². The fourth-order valence-corrected chi connectivity index (χ4v) is 2.81. The number of carboxylic acid groups (broad SMARTS) is 1. The molecule has 0 spiro atoms. The normalized spacial score (nSPS) is 12.5. The Kier molecular flexibility index (Phi) is 5.12. The van der Waals surface area contributed by atoms with Gasteiger partial charge in [0.1, 0.15) is 5.75 Å². The third kappa shape index (κ3) is 3.69. The number of carboxylic acids is 1.